The van der Waals surface area contributed by atoms with E-state index in [1.54, 1.807) is 24.4 Å². The van der Waals surface area contributed by atoms with Gasteiger partial charge in [0, 0.05) is 16.1 Å². The zero-order valence-corrected chi connectivity index (χ0v) is 26.4. The molecule has 0 spiro atoms. The molecule has 4 rings (SSSR count). The second kappa shape index (κ2) is 12.1. The fourth-order valence-corrected chi connectivity index (χ4v) is 5.26. The predicted molar refractivity (Wildman–Crippen MR) is 169 cm³/mol. The number of halogens is 2. The summed E-state index contributed by atoms with van der Waals surface area (Å²) in [7, 11) is 0. The van der Waals surface area contributed by atoms with Gasteiger partial charge in [-0.25, -0.2) is 4.98 Å². The maximum absolute atomic E-state index is 13.8. The van der Waals surface area contributed by atoms with E-state index >= 15 is 0 Å². The fourth-order valence-electron chi connectivity index (χ4n) is 4.31. The van der Waals surface area contributed by atoms with Crippen LogP contribution in [-0.4, -0.2) is 29.1 Å². The van der Waals surface area contributed by atoms with Gasteiger partial charge in [-0.15, -0.1) is 0 Å². The van der Waals surface area contributed by atoms with Crippen molar-refractivity contribution < 1.29 is 9.47 Å². The number of ether oxygens (including phenoxy) is 2. The monoisotopic (exact) mass is 623 g/mol. The van der Waals surface area contributed by atoms with E-state index < -0.39 is 0 Å². The zero-order valence-electron chi connectivity index (χ0n) is 24.0. The Morgan fingerprint density at radius 2 is 1.85 bits per heavy atom. The SMILES string of the molecule is CCOc1cc(C)c(-c2nc3ccccc3c(=O)n2N=Cc2cc(Cl)cc(Br)c2OCC(C)(C)C)cc1C(C)C. The second-order valence-electron chi connectivity index (χ2n) is 11.3. The van der Waals surface area contributed by atoms with Crippen molar-refractivity contribution in [1.82, 2.24) is 9.66 Å². The van der Waals surface area contributed by atoms with Crippen molar-refractivity contribution in [2.75, 3.05) is 13.2 Å². The highest BCUT2D eigenvalue weighted by atomic mass is 79.9. The molecule has 0 aliphatic heterocycles. The van der Waals surface area contributed by atoms with E-state index in [4.69, 9.17) is 31.2 Å². The van der Waals surface area contributed by atoms with Crippen molar-refractivity contribution in [2.24, 2.45) is 10.5 Å². The minimum atomic E-state index is -0.269. The van der Waals surface area contributed by atoms with E-state index in [0.29, 0.717) is 50.7 Å². The molecule has 0 bridgehead atoms. The number of fused-ring (bicyclic) bond motifs is 1. The van der Waals surface area contributed by atoms with E-state index in [0.717, 1.165) is 22.4 Å². The predicted octanol–water partition coefficient (Wildman–Crippen LogP) is 8.62. The van der Waals surface area contributed by atoms with Crippen LogP contribution in [0.25, 0.3) is 22.3 Å². The molecule has 6 nitrogen and oxygen atoms in total. The highest BCUT2D eigenvalue weighted by Gasteiger charge is 2.19. The van der Waals surface area contributed by atoms with Crippen LogP contribution in [0.1, 0.15) is 64.2 Å². The highest BCUT2D eigenvalue weighted by Crippen LogP contribution is 2.35. The number of nitrogens with zero attached hydrogens (tertiary/aromatic N) is 3. The number of para-hydroxylation sites is 1. The summed E-state index contributed by atoms with van der Waals surface area (Å²) in [6.45, 7) is 15.5. The molecule has 0 saturated heterocycles. The standard InChI is InChI=1S/C32H35BrClN3O3/c1-8-39-28-13-20(4)25(16-24(28)19(2)3)30-36-27-12-10-9-11-23(27)31(38)37(30)35-17-21-14-22(34)15-26(33)29(21)40-18-32(5,6)7/h9-17,19H,8,18H2,1-7H3. The lowest BCUT2D eigenvalue weighted by Gasteiger charge is -2.21. The number of benzene rings is 3. The van der Waals surface area contributed by atoms with Crippen LogP contribution in [0.5, 0.6) is 11.5 Å². The Bertz CT molecular complexity index is 1640. The van der Waals surface area contributed by atoms with E-state index in [2.05, 4.69) is 56.6 Å². The third-order valence-electron chi connectivity index (χ3n) is 6.27. The smallest absolute Gasteiger partial charge is 0.282 e. The van der Waals surface area contributed by atoms with Gasteiger partial charge in [0.1, 0.15) is 11.5 Å². The normalized spacial score (nSPS) is 12.1. The van der Waals surface area contributed by atoms with E-state index in [1.807, 2.05) is 38.1 Å². The molecule has 0 aliphatic carbocycles. The summed E-state index contributed by atoms with van der Waals surface area (Å²) in [5.74, 6) is 2.09. The van der Waals surface area contributed by atoms with Crippen LogP contribution in [-0.2, 0) is 0 Å². The first-order chi connectivity index (χ1) is 18.9. The minimum absolute atomic E-state index is 0.0564. The van der Waals surface area contributed by atoms with Crippen molar-refractivity contribution in [3.63, 3.8) is 0 Å². The number of aromatic nitrogens is 2. The molecule has 3 aromatic carbocycles. The third kappa shape index (κ3) is 6.58. The Kier molecular flexibility index (Phi) is 9.06. The average molecular weight is 625 g/mol. The second-order valence-corrected chi connectivity index (χ2v) is 12.6. The Labute approximate surface area is 249 Å². The summed E-state index contributed by atoms with van der Waals surface area (Å²) in [5.41, 5.74) is 3.70. The Morgan fingerprint density at radius 1 is 1.12 bits per heavy atom. The number of hydrogen-bond acceptors (Lipinski definition) is 5. The maximum Gasteiger partial charge on any atom is 0.282 e. The molecule has 0 aliphatic rings. The van der Waals surface area contributed by atoms with Crippen molar-refractivity contribution in [1.29, 1.82) is 0 Å². The van der Waals surface area contributed by atoms with Crippen LogP contribution >= 0.6 is 27.5 Å². The van der Waals surface area contributed by atoms with Gasteiger partial charge in [0.15, 0.2) is 5.82 Å². The molecule has 0 amide bonds. The topological polar surface area (TPSA) is 65.7 Å². The van der Waals surface area contributed by atoms with E-state index in [1.165, 1.54) is 4.68 Å². The molecular weight excluding hydrogens is 590 g/mol. The van der Waals surface area contributed by atoms with Crippen molar-refractivity contribution in [2.45, 2.75) is 54.4 Å². The fraction of sp³-hybridized carbons (Fsp3) is 0.344. The maximum atomic E-state index is 13.8. The van der Waals surface area contributed by atoms with Crippen molar-refractivity contribution in [3.8, 4) is 22.9 Å². The molecule has 8 heteroatoms. The Hall–Kier alpha value is -3.16. The first-order valence-corrected chi connectivity index (χ1v) is 14.5. The highest BCUT2D eigenvalue weighted by molar-refractivity contribution is 9.10. The van der Waals surface area contributed by atoms with Crippen molar-refractivity contribution >= 4 is 44.6 Å². The minimum Gasteiger partial charge on any atom is -0.494 e. The average Bonchev–Trinajstić information content (AvgIpc) is 2.87. The lowest BCUT2D eigenvalue weighted by Crippen LogP contribution is -2.21. The van der Waals surface area contributed by atoms with Crippen LogP contribution < -0.4 is 15.0 Å². The van der Waals surface area contributed by atoms with Gasteiger partial charge >= 0.3 is 0 Å². The zero-order chi connectivity index (χ0) is 29.2. The molecule has 40 heavy (non-hydrogen) atoms. The Morgan fingerprint density at radius 3 is 2.52 bits per heavy atom. The molecule has 4 aromatic rings. The quantitative estimate of drug-likeness (QED) is 0.184. The summed E-state index contributed by atoms with van der Waals surface area (Å²) in [5, 5.41) is 5.69. The van der Waals surface area contributed by atoms with Gasteiger partial charge in [0.05, 0.1) is 34.8 Å². The van der Waals surface area contributed by atoms with Crippen LogP contribution in [0.15, 0.2) is 62.9 Å². The van der Waals surface area contributed by atoms with Gasteiger partial charge in [-0.05, 0) is 88.6 Å². The van der Waals surface area contributed by atoms with Crippen LogP contribution in [0.4, 0.5) is 0 Å². The van der Waals surface area contributed by atoms with E-state index in [-0.39, 0.29) is 16.9 Å². The van der Waals surface area contributed by atoms with Crippen molar-refractivity contribution in [3.05, 3.63) is 85.1 Å². The van der Waals surface area contributed by atoms with Crippen LogP contribution in [0.3, 0.4) is 0 Å². The van der Waals surface area contributed by atoms with Gasteiger partial charge in [-0.2, -0.15) is 9.78 Å². The molecule has 0 N–H and O–H groups in total. The summed E-state index contributed by atoms with van der Waals surface area (Å²) in [6.07, 6.45) is 1.60. The molecular formula is C32H35BrClN3O3. The molecule has 1 aromatic heterocycles. The largest absolute Gasteiger partial charge is 0.494 e. The first-order valence-electron chi connectivity index (χ1n) is 13.3. The summed E-state index contributed by atoms with van der Waals surface area (Å²) in [4.78, 5) is 18.8. The van der Waals surface area contributed by atoms with Gasteiger partial charge < -0.3 is 9.47 Å². The summed E-state index contributed by atoms with van der Waals surface area (Å²) < 4.78 is 14.2. The number of hydrogen-bond donors (Lipinski definition) is 0. The van der Waals surface area contributed by atoms with Gasteiger partial charge in [-0.3, -0.25) is 4.79 Å². The summed E-state index contributed by atoms with van der Waals surface area (Å²) in [6, 6.07) is 14.9. The molecule has 0 radical (unpaired) electrons. The Balaban J connectivity index is 1.95. The number of aryl methyl sites for hydroxylation is 1. The molecule has 0 saturated carbocycles. The molecule has 210 valence electrons. The number of rotatable bonds is 8. The van der Waals surface area contributed by atoms with Gasteiger partial charge in [0.25, 0.3) is 5.56 Å². The summed E-state index contributed by atoms with van der Waals surface area (Å²) >= 11 is 9.98. The lowest BCUT2D eigenvalue weighted by atomic mass is 9.96. The molecule has 0 atom stereocenters. The molecule has 0 fully saturated rings. The third-order valence-corrected chi connectivity index (χ3v) is 7.08. The molecule has 1 heterocycles. The van der Waals surface area contributed by atoms with Gasteiger partial charge in [0.2, 0.25) is 0 Å². The van der Waals surface area contributed by atoms with Crippen LogP contribution in [0, 0.1) is 12.3 Å². The molecule has 0 unspecified atom stereocenters. The lowest BCUT2D eigenvalue weighted by molar-refractivity contribution is 0.196. The first kappa shape index (κ1) is 29.8. The van der Waals surface area contributed by atoms with Crippen LogP contribution in [0.2, 0.25) is 5.02 Å². The van der Waals surface area contributed by atoms with Gasteiger partial charge in [-0.1, -0.05) is 58.4 Å². The van der Waals surface area contributed by atoms with E-state index in [9.17, 15) is 4.79 Å².